The molecule has 1 fully saturated rings. The van der Waals surface area contributed by atoms with Crippen LogP contribution in [-0.2, 0) is 4.79 Å². The topological polar surface area (TPSA) is 112 Å². The third kappa shape index (κ3) is 1.45. The molecule has 5 nitrogen and oxygen atoms in total. The summed E-state index contributed by atoms with van der Waals surface area (Å²) in [4.78, 5) is 12.2. The van der Waals surface area contributed by atoms with Gasteiger partial charge in [0.1, 0.15) is 0 Å². The number of hydrogen-bond acceptors (Lipinski definition) is 5. The summed E-state index contributed by atoms with van der Waals surface area (Å²) in [5.74, 6) is -1.25. The third-order valence-corrected chi connectivity index (χ3v) is 3.45. The molecule has 1 aliphatic rings. The van der Waals surface area contributed by atoms with Crippen LogP contribution in [0.5, 0.6) is 0 Å². The van der Waals surface area contributed by atoms with Crippen molar-refractivity contribution in [3.05, 3.63) is 0 Å². The van der Waals surface area contributed by atoms with Crippen LogP contribution in [0.25, 0.3) is 0 Å². The molecular formula is C12H10N4O. The summed E-state index contributed by atoms with van der Waals surface area (Å²) >= 11 is 0. The highest BCUT2D eigenvalue weighted by atomic mass is 16.1. The summed E-state index contributed by atoms with van der Waals surface area (Å²) in [6.07, 6.45) is 0.965. The van der Waals surface area contributed by atoms with Gasteiger partial charge in [-0.2, -0.15) is 21.0 Å². The van der Waals surface area contributed by atoms with E-state index >= 15 is 0 Å². The van der Waals surface area contributed by atoms with Crippen molar-refractivity contribution in [3.8, 4) is 24.3 Å². The second-order valence-corrected chi connectivity index (χ2v) is 4.13. The van der Waals surface area contributed by atoms with Crippen LogP contribution in [0.2, 0.25) is 0 Å². The van der Waals surface area contributed by atoms with Crippen LogP contribution in [0.3, 0.4) is 0 Å². The van der Waals surface area contributed by atoms with Crippen molar-refractivity contribution in [1.82, 2.24) is 0 Å². The van der Waals surface area contributed by atoms with Crippen molar-refractivity contribution in [2.24, 2.45) is 16.7 Å². The maximum Gasteiger partial charge on any atom is 0.206 e. The normalized spacial score (nSPS) is 24.8. The maximum atomic E-state index is 12.2. The van der Waals surface area contributed by atoms with Crippen molar-refractivity contribution >= 4 is 5.78 Å². The average molecular weight is 226 g/mol. The summed E-state index contributed by atoms with van der Waals surface area (Å²) < 4.78 is 0. The first-order chi connectivity index (χ1) is 8.06. The van der Waals surface area contributed by atoms with Crippen molar-refractivity contribution < 1.29 is 4.79 Å². The molecule has 1 aliphatic carbocycles. The third-order valence-electron chi connectivity index (χ3n) is 3.45. The lowest BCUT2D eigenvalue weighted by molar-refractivity contribution is -0.134. The molecule has 1 rings (SSSR count). The van der Waals surface area contributed by atoms with Gasteiger partial charge in [-0.25, -0.2) is 0 Å². The molecule has 1 atom stereocenters. The lowest BCUT2D eigenvalue weighted by Crippen LogP contribution is -2.49. The van der Waals surface area contributed by atoms with Crippen molar-refractivity contribution in [2.45, 2.75) is 26.2 Å². The number of nitriles is 4. The Balaban J connectivity index is 3.41. The van der Waals surface area contributed by atoms with Crippen LogP contribution >= 0.6 is 0 Å². The first-order valence-electron chi connectivity index (χ1n) is 5.26. The lowest BCUT2D eigenvalue weighted by Gasteiger charge is -2.36. The first kappa shape index (κ1) is 12.7. The minimum atomic E-state index is -1.85. The highest BCUT2D eigenvalue weighted by Crippen LogP contribution is 2.47. The van der Waals surface area contributed by atoms with Crippen molar-refractivity contribution in [1.29, 1.82) is 21.0 Å². The van der Waals surface area contributed by atoms with E-state index in [1.54, 1.807) is 31.2 Å². The van der Waals surface area contributed by atoms with E-state index in [0.29, 0.717) is 12.8 Å². The van der Waals surface area contributed by atoms with Gasteiger partial charge in [0.2, 0.25) is 16.6 Å². The minimum Gasteiger partial charge on any atom is -0.294 e. The van der Waals surface area contributed by atoms with E-state index < -0.39 is 22.5 Å². The molecule has 0 aromatic rings. The van der Waals surface area contributed by atoms with Crippen LogP contribution in [0.15, 0.2) is 0 Å². The Morgan fingerprint density at radius 1 is 1.18 bits per heavy atom. The Bertz CT molecular complexity index is 481. The van der Waals surface area contributed by atoms with Gasteiger partial charge >= 0.3 is 0 Å². The standard InChI is InChI=1S/C12H10N4O/c1-2-9-3-4-11(5-13,6-14)10(17)12(9,7-15)8-16/h9H,2-4H2,1H3. The van der Waals surface area contributed by atoms with Crippen LogP contribution in [-0.4, -0.2) is 5.78 Å². The molecule has 0 bridgehead atoms. The SMILES string of the molecule is CCC1CCC(C#N)(C#N)C(=O)C1(C#N)C#N. The summed E-state index contributed by atoms with van der Waals surface area (Å²) in [6.45, 7) is 1.78. The second kappa shape index (κ2) is 4.25. The number of hydrogen-bond donors (Lipinski definition) is 0. The smallest absolute Gasteiger partial charge is 0.206 e. The predicted octanol–water partition coefficient (Wildman–Crippen LogP) is 1.44. The second-order valence-electron chi connectivity index (χ2n) is 4.13. The number of ketones is 1. The highest BCUT2D eigenvalue weighted by Gasteiger charge is 2.59. The predicted molar refractivity (Wildman–Crippen MR) is 55.3 cm³/mol. The molecule has 0 aromatic heterocycles. The molecule has 5 heteroatoms. The molecule has 0 aromatic carbocycles. The number of nitrogens with zero attached hydrogens (tertiary/aromatic N) is 4. The van der Waals surface area contributed by atoms with E-state index in [1.165, 1.54) is 0 Å². The number of rotatable bonds is 1. The summed E-state index contributed by atoms with van der Waals surface area (Å²) in [6, 6.07) is 6.80. The van der Waals surface area contributed by atoms with Gasteiger partial charge in [-0.05, 0) is 18.8 Å². The van der Waals surface area contributed by atoms with Gasteiger partial charge in [0.05, 0.1) is 24.3 Å². The fourth-order valence-electron chi connectivity index (χ4n) is 2.30. The van der Waals surface area contributed by atoms with Gasteiger partial charge in [-0.3, -0.25) is 4.79 Å². The van der Waals surface area contributed by atoms with E-state index in [9.17, 15) is 4.79 Å². The molecule has 1 unspecified atom stereocenters. The Morgan fingerprint density at radius 3 is 2.06 bits per heavy atom. The largest absolute Gasteiger partial charge is 0.294 e. The van der Waals surface area contributed by atoms with Crippen molar-refractivity contribution in [3.63, 3.8) is 0 Å². The number of carbonyl (C=O) groups is 1. The van der Waals surface area contributed by atoms with E-state index in [-0.39, 0.29) is 6.42 Å². The molecule has 17 heavy (non-hydrogen) atoms. The van der Waals surface area contributed by atoms with E-state index in [4.69, 9.17) is 21.0 Å². The zero-order chi connectivity index (χ0) is 13.1. The fraction of sp³-hybridized carbons (Fsp3) is 0.583. The lowest BCUT2D eigenvalue weighted by atomic mass is 9.57. The Morgan fingerprint density at radius 2 is 1.71 bits per heavy atom. The van der Waals surface area contributed by atoms with E-state index in [0.717, 1.165) is 0 Å². The van der Waals surface area contributed by atoms with Gasteiger partial charge in [0.25, 0.3) is 0 Å². The molecule has 0 radical (unpaired) electrons. The number of Topliss-reactive ketones (excluding diaryl/α,β-unsaturated/α-hetero) is 1. The molecule has 0 aliphatic heterocycles. The Labute approximate surface area is 99.5 Å². The molecule has 0 spiro atoms. The molecule has 0 amide bonds. The highest BCUT2D eigenvalue weighted by molar-refractivity contribution is 6.00. The van der Waals surface area contributed by atoms with Crippen LogP contribution in [0, 0.1) is 62.1 Å². The van der Waals surface area contributed by atoms with E-state index in [2.05, 4.69) is 0 Å². The van der Waals surface area contributed by atoms with Crippen LogP contribution in [0.1, 0.15) is 26.2 Å². The van der Waals surface area contributed by atoms with Gasteiger partial charge in [-0.15, -0.1) is 0 Å². The monoisotopic (exact) mass is 226 g/mol. The molecule has 1 saturated carbocycles. The zero-order valence-corrected chi connectivity index (χ0v) is 9.40. The van der Waals surface area contributed by atoms with Gasteiger partial charge in [0, 0.05) is 0 Å². The quantitative estimate of drug-likeness (QED) is 0.671. The zero-order valence-electron chi connectivity index (χ0n) is 9.40. The molecule has 0 N–H and O–H groups in total. The summed E-state index contributed by atoms with van der Waals surface area (Å²) in [7, 11) is 0. The van der Waals surface area contributed by atoms with Crippen LogP contribution in [0.4, 0.5) is 0 Å². The Kier molecular flexibility index (Phi) is 3.17. The molecule has 84 valence electrons. The van der Waals surface area contributed by atoms with Crippen LogP contribution < -0.4 is 0 Å². The first-order valence-corrected chi connectivity index (χ1v) is 5.26. The molecular weight excluding hydrogens is 216 g/mol. The maximum absolute atomic E-state index is 12.2. The average Bonchev–Trinajstić information content (AvgIpc) is 2.39. The summed E-state index contributed by atoms with van der Waals surface area (Å²) in [5.41, 5.74) is -3.68. The minimum absolute atomic E-state index is 0.0997. The fourth-order valence-corrected chi connectivity index (χ4v) is 2.30. The summed E-state index contributed by atoms with van der Waals surface area (Å²) in [5, 5.41) is 36.2. The van der Waals surface area contributed by atoms with Gasteiger partial charge in [0.15, 0.2) is 0 Å². The van der Waals surface area contributed by atoms with Gasteiger partial charge < -0.3 is 0 Å². The van der Waals surface area contributed by atoms with Gasteiger partial charge in [-0.1, -0.05) is 13.3 Å². The molecule has 0 saturated heterocycles. The van der Waals surface area contributed by atoms with E-state index in [1.807, 2.05) is 0 Å². The van der Waals surface area contributed by atoms with Crippen molar-refractivity contribution in [2.75, 3.05) is 0 Å². The number of carbonyl (C=O) groups excluding carboxylic acids is 1. The molecule has 0 heterocycles. The Hall–Kier alpha value is -2.37.